The molecule has 0 heterocycles. The summed E-state index contributed by atoms with van der Waals surface area (Å²) in [6.45, 7) is 13.3. The van der Waals surface area contributed by atoms with Gasteiger partial charge in [0.2, 0.25) is 0 Å². The summed E-state index contributed by atoms with van der Waals surface area (Å²) >= 11 is 0. The zero-order valence-corrected chi connectivity index (χ0v) is 16.9. The second-order valence-corrected chi connectivity index (χ2v) is 7.14. The Kier molecular flexibility index (Phi) is 16.7. The molecule has 0 rings (SSSR count). The summed E-state index contributed by atoms with van der Waals surface area (Å²) in [6.07, 6.45) is 18.1. The highest BCUT2D eigenvalue weighted by atomic mass is 16.7. The van der Waals surface area contributed by atoms with Crippen molar-refractivity contribution in [1.29, 1.82) is 0 Å². The van der Waals surface area contributed by atoms with Crippen LogP contribution >= 0.6 is 0 Å². The van der Waals surface area contributed by atoms with Crippen molar-refractivity contribution in [2.24, 2.45) is 0 Å². The molecule has 0 aliphatic heterocycles. The number of unbranched alkanes of at least 4 members (excludes halogenated alkanes) is 11. The van der Waals surface area contributed by atoms with Gasteiger partial charge >= 0.3 is 0 Å². The van der Waals surface area contributed by atoms with E-state index in [1.807, 2.05) is 0 Å². The van der Waals surface area contributed by atoms with Crippen LogP contribution in [0, 0.1) is 0 Å². The monoisotopic (exact) mass is 328 g/mol. The van der Waals surface area contributed by atoms with E-state index in [4.69, 9.17) is 4.84 Å². The molecule has 2 nitrogen and oxygen atoms in total. The lowest BCUT2D eigenvalue weighted by Crippen LogP contribution is -2.48. The lowest BCUT2D eigenvalue weighted by Gasteiger charge is -2.33. The summed E-state index contributed by atoms with van der Waals surface area (Å²) in [6, 6.07) is 0. The molecule has 0 radical (unpaired) electrons. The number of nitrogens with zero attached hydrogens (tertiary/aromatic N) is 1. The Balaban J connectivity index is 3.35. The minimum absolute atomic E-state index is 0.856. The van der Waals surface area contributed by atoms with Gasteiger partial charge < -0.3 is 0 Å². The van der Waals surface area contributed by atoms with Gasteiger partial charge in [-0.1, -0.05) is 84.5 Å². The molecule has 0 fully saturated rings. The van der Waals surface area contributed by atoms with E-state index in [0.717, 1.165) is 30.9 Å². The van der Waals surface area contributed by atoms with E-state index in [-0.39, 0.29) is 0 Å². The first-order chi connectivity index (χ1) is 11.2. The molecule has 0 atom stereocenters. The zero-order chi connectivity index (χ0) is 17.2. The Labute approximate surface area is 147 Å². The quantitative estimate of drug-likeness (QED) is 0.151. The second-order valence-electron chi connectivity index (χ2n) is 7.14. The molecule has 2 heteroatoms. The summed E-state index contributed by atoms with van der Waals surface area (Å²) in [5.41, 5.74) is 0. The molecule has 0 saturated heterocycles. The molecule has 0 N–H and O–H groups in total. The molecule has 0 bridgehead atoms. The highest BCUT2D eigenvalue weighted by molar-refractivity contribution is 4.48. The SMILES string of the molecule is CCCCCCCCCCCCCCO[N+](CC)(CC)CCC. The van der Waals surface area contributed by atoms with Gasteiger partial charge in [-0.05, 0) is 26.7 Å². The predicted molar refractivity (Wildman–Crippen MR) is 104 cm³/mol. The van der Waals surface area contributed by atoms with Crippen molar-refractivity contribution < 1.29 is 9.48 Å². The minimum Gasteiger partial charge on any atom is -0.203 e. The maximum absolute atomic E-state index is 6.20. The van der Waals surface area contributed by atoms with Gasteiger partial charge in [-0.2, -0.15) is 4.65 Å². The molecule has 0 unspecified atom stereocenters. The molecule has 0 aliphatic carbocycles. The molecular weight excluding hydrogens is 282 g/mol. The van der Waals surface area contributed by atoms with Crippen molar-refractivity contribution >= 4 is 0 Å². The van der Waals surface area contributed by atoms with Crippen LogP contribution in [0.2, 0.25) is 0 Å². The smallest absolute Gasteiger partial charge is 0.109 e. The van der Waals surface area contributed by atoms with E-state index < -0.39 is 0 Å². The van der Waals surface area contributed by atoms with E-state index >= 15 is 0 Å². The van der Waals surface area contributed by atoms with Gasteiger partial charge in [0.05, 0.1) is 0 Å². The third kappa shape index (κ3) is 12.9. The van der Waals surface area contributed by atoms with Crippen LogP contribution in [0.15, 0.2) is 0 Å². The summed E-state index contributed by atoms with van der Waals surface area (Å²) in [4.78, 5) is 6.20. The third-order valence-electron chi connectivity index (χ3n) is 5.15. The van der Waals surface area contributed by atoms with Crippen LogP contribution in [-0.2, 0) is 4.84 Å². The van der Waals surface area contributed by atoms with Gasteiger partial charge in [-0.25, -0.2) is 4.84 Å². The molecule has 0 aromatic heterocycles. The Hall–Kier alpha value is -0.0800. The van der Waals surface area contributed by atoms with Crippen LogP contribution in [0.25, 0.3) is 0 Å². The molecule has 0 aromatic rings. The van der Waals surface area contributed by atoms with Gasteiger partial charge in [0.1, 0.15) is 26.2 Å². The maximum Gasteiger partial charge on any atom is 0.109 e. The highest BCUT2D eigenvalue weighted by Crippen LogP contribution is 2.13. The fourth-order valence-corrected chi connectivity index (χ4v) is 3.40. The molecule has 0 amide bonds. The summed E-state index contributed by atoms with van der Waals surface area (Å²) < 4.78 is 0.856. The van der Waals surface area contributed by atoms with E-state index in [1.54, 1.807) is 0 Å². The Morgan fingerprint density at radius 2 is 0.957 bits per heavy atom. The average molecular weight is 329 g/mol. The standard InChI is InChI=1S/C21H46NO/c1-5-9-10-11-12-13-14-15-16-17-18-19-21-23-22(7-3,8-4)20-6-2/h5-21H2,1-4H3/q+1. The van der Waals surface area contributed by atoms with Crippen LogP contribution in [-0.4, -0.2) is 30.9 Å². The third-order valence-corrected chi connectivity index (χ3v) is 5.15. The van der Waals surface area contributed by atoms with Gasteiger partial charge in [0.15, 0.2) is 0 Å². The Morgan fingerprint density at radius 1 is 0.522 bits per heavy atom. The number of rotatable bonds is 18. The maximum atomic E-state index is 6.20. The first-order valence-electron chi connectivity index (χ1n) is 10.7. The van der Waals surface area contributed by atoms with Gasteiger partial charge in [0.25, 0.3) is 0 Å². The first-order valence-corrected chi connectivity index (χ1v) is 10.7. The van der Waals surface area contributed by atoms with Crippen LogP contribution < -0.4 is 0 Å². The van der Waals surface area contributed by atoms with E-state index in [2.05, 4.69) is 27.7 Å². The van der Waals surface area contributed by atoms with Crippen LogP contribution in [0.5, 0.6) is 0 Å². The van der Waals surface area contributed by atoms with Crippen LogP contribution in [0.1, 0.15) is 111 Å². The summed E-state index contributed by atoms with van der Waals surface area (Å²) in [7, 11) is 0. The number of hydrogen-bond acceptors (Lipinski definition) is 1. The van der Waals surface area contributed by atoms with Gasteiger partial charge in [0, 0.05) is 0 Å². The van der Waals surface area contributed by atoms with E-state index in [9.17, 15) is 0 Å². The van der Waals surface area contributed by atoms with Crippen molar-refractivity contribution in [3.63, 3.8) is 0 Å². The molecule has 0 aliphatic rings. The van der Waals surface area contributed by atoms with Crippen LogP contribution in [0.3, 0.4) is 0 Å². The number of hydroxylamine groups is 3. The van der Waals surface area contributed by atoms with Crippen molar-refractivity contribution in [3.8, 4) is 0 Å². The Bertz CT molecular complexity index is 226. The van der Waals surface area contributed by atoms with E-state index in [0.29, 0.717) is 0 Å². The molecular formula is C21H46NO+. The van der Waals surface area contributed by atoms with Crippen molar-refractivity contribution in [2.75, 3.05) is 26.2 Å². The van der Waals surface area contributed by atoms with Crippen molar-refractivity contribution in [2.45, 2.75) is 111 Å². The van der Waals surface area contributed by atoms with E-state index in [1.165, 1.54) is 83.5 Å². The highest BCUT2D eigenvalue weighted by Gasteiger charge is 2.23. The normalized spacial score (nSPS) is 12.0. The lowest BCUT2D eigenvalue weighted by atomic mass is 10.1. The van der Waals surface area contributed by atoms with Crippen LogP contribution in [0.4, 0.5) is 0 Å². The summed E-state index contributed by atoms with van der Waals surface area (Å²) in [5.74, 6) is 0. The van der Waals surface area contributed by atoms with Gasteiger partial charge in [-0.3, -0.25) is 0 Å². The summed E-state index contributed by atoms with van der Waals surface area (Å²) in [5, 5.41) is 0. The molecule has 0 aromatic carbocycles. The molecule has 23 heavy (non-hydrogen) atoms. The number of quaternary nitrogens is 1. The largest absolute Gasteiger partial charge is 0.203 e. The average Bonchev–Trinajstić information content (AvgIpc) is 2.58. The molecule has 0 spiro atoms. The predicted octanol–water partition coefficient (Wildman–Crippen LogP) is 6.89. The topological polar surface area (TPSA) is 9.23 Å². The fourth-order valence-electron chi connectivity index (χ4n) is 3.40. The molecule has 0 saturated carbocycles. The van der Waals surface area contributed by atoms with Gasteiger partial charge in [-0.15, -0.1) is 0 Å². The first kappa shape index (κ1) is 22.9. The zero-order valence-electron chi connectivity index (χ0n) is 16.9. The molecule has 140 valence electrons. The van der Waals surface area contributed by atoms with Crippen molar-refractivity contribution in [1.82, 2.24) is 0 Å². The lowest BCUT2D eigenvalue weighted by molar-refractivity contribution is -1.10. The minimum atomic E-state index is 0.856. The Morgan fingerprint density at radius 3 is 1.35 bits per heavy atom. The fraction of sp³-hybridized carbons (Fsp3) is 1.00. The van der Waals surface area contributed by atoms with Crippen molar-refractivity contribution in [3.05, 3.63) is 0 Å². The number of hydrogen-bond donors (Lipinski definition) is 0. The second kappa shape index (κ2) is 16.8.